The molecule has 0 aliphatic heterocycles. The summed E-state index contributed by atoms with van der Waals surface area (Å²) in [5.74, 6) is 0. The van der Waals surface area contributed by atoms with Crippen molar-refractivity contribution in [3.05, 3.63) is 126 Å². The van der Waals surface area contributed by atoms with Gasteiger partial charge in [-0.25, -0.2) is 0 Å². The molecular formula is C27H26NOP. The number of anilines is 1. The molecular weight excluding hydrogens is 385 g/mol. The number of aryl methyl sites for hydroxylation is 1. The highest BCUT2D eigenvalue weighted by Crippen LogP contribution is 2.47. The first-order valence-corrected chi connectivity index (χ1v) is 12.1. The van der Waals surface area contributed by atoms with Gasteiger partial charge in [-0.15, -0.1) is 0 Å². The lowest BCUT2D eigenvalue weighted by Crippen LogP contribution is -2.25. The Hall–Kier alpha value is -3.09. The highest BCUT2D eigenvalue weighted by atomic mass is 31.2. The molecule has 0 spiro atoms. The van der Waals surface area contributed by atoms with Gasteiger partial charge in [-0.2, -0.15) is 0 Å². The fourth-order valence-electron chi connectivity index (χ4n) is 3.80. The quantitative estimate of drug-likeness (QED) is 0.369. The van der Waals surface area contributed by atoms with Crippen molar-refractivity contribution >= 4 is 23.4 Å². The minimum atomic E-state index is -2.86. The molecule has 3 heteroatoms. The van der Waals surface area contributed by atoms with E-state index in [1.807, 2.05) is 91.0 Å². The van der Waals surface area contributed by atoms with Gasteiger partial charge in [0.2, 0.25) is 0 Å². The summed E-state index contributed by atoms with van der Waals surface area (Å²) in [6.45, 7) is 2.10. The van der Waals surface area contributed by atoms with Crippen molar-refractivity contribution in [3.8, 4) is 0 Å². The van der Waals surface area contributed by atoms with Crippen molar-refractivity contribution in [2.45, 2.75) is 13.0 Å². The van der Waals surface area contributed by atoms with Gasteiger partial charge in [0.1, 0.15) is 7.14 Å². The molecule has 0 radical (unpaired) electrons. The number of hydrogen-bond acceptors (Lipinski definition) is 2. The van der Waals surface area contributed by atoms with E-state index in [1.165, 1.54) is 5.56 Å². The second-order valence-electron chi connectivity index (χ2n) is 7.52. The SMILES string of the molecule is Cc1ccccc1NC(CP(=O)(c1ccccc1)c1ccccc1)c1ccccc1. The van der Waals surface area contributed by atoms with Crippen LogP contribution in [0.5, 0.6) is 0 Å². The van der Waals surface area contributed by atoms with E-state index in [4.69, 9.17) is 0 Å². The number of para-hydroxylation sites is 1. The monoisotopic (exact) mass is 411 g/mol. The van der Waals surface area contributed by atoms with Gasteiger partial charge in [-0.3, -0.25) is 0 Å². The first kappa shape index (κ1) is 20.2. The fraction of sp³-hybridized carbons (Fsp3) is 0.111. The van der Waals surface area contributed by atoms with Crippen LogP contribution in [0.1, 0.15) is 17.2 Å². The minimum absolute atomic E-state index is 0.0847. The smallest absolute Gasteiger partial charge is 0.145 e. The van der Waals surface area contributed by atoms with E-state index >= 15 is 0 Å². The van der Waals surface area contributed by atoms with E-state index in [0.29, 0.717) is 6.16 Å². The molecule has 0 bridgehead atoms. The van der Waals surface area contributed by atoms with Crippen LogP contribution in [0.25, 0.3) is 0 Å². The minimum Gasteiger partial charge on any atom is -0.378 e. The Kier molecular flexibility index (Phi) is 6.16. The Morgan fingerprint density at radius 3 is 1.67 bits per heavy atom. The van der Waals surface area contributed by atoms with Crippen LogP contribution >= 0.6 is 7.14 Å². The summed E-state index contributed by atoms with van der Waals surface area (Å²) in [7, 11) is -2.86. The summed E-state index contributed by atoms with van der Waals surface area (Å²) < 4.78 is 14.6. The van der Waals surface area contributed by atoms with Gasteiger partial charge in [0.15, 0.2) is 0 Å². The van der Waals surface area contributed by atoms with Crippen molar-refractivity contribution in [1.29, 1.82) is 0 Å². The van der Waals surface area contributed by atoms with Crippen LogP contribution in [-0.2, 0) is 4.57 Å². The Morgan fingerprint density at radius 2 is 1.13 bits per heavy atom. The van der Waals surface area contributed by atoms with Crippen molar-refractivity contribution in [2.24, 2.45) is 0 Å². The zero-order valence-corrected chi connectivity index (χ0v) is 18.0. The van der Waals surface area contributed by atoms with Crippen LogP contribution in [-0.4, -0.2) is 6.16 Å². The first-order valence-electron chi connectivity index (χ1n) is 10.2. The lowest BCUT2D eigenvalue weighted by atomic mass is 10.1. The third-order valence-corrected chi connectivity index (χ3v) is 8.61. The average molecular weight is 411 g/mol. The number of hydrogen-bond donors (Lipinski definition) is 1. The molecule has 1 atom stereocenters. The first-order chi connectivity index (χ1) is 14.7. The molecule has 1 N–H and O–H groups in total. The molecule has 0 saturated carbocycles. The summed E-state index contributed by atoms with van der Waals surface area (Å²) in [5.41, 5.74) is 3.37. The topological polar surface area (TPSA) is 29.1 Å². The Morgan fingerprint density at radius 1 is 0.667 bits per heavy atom. The molecule has 30 heavy (non-hydrogen) atoms. The van der Waals surface area contributed by atoms with E-state index < -0.39 is 7.14 Å². The van der Waals surface area contributed by atoms with Crippen LogP contribution in [0, 0.1) is 6.92 Å². The normalized spacial score (nSPS) is 12.3. The number of rotatable bonds is 7. The van der Waals surface area contributed by atoms with E-state index in [1.54, 1.807) is 0 Å². The summed E-state index contributed by atoms with van der Waals surface area (Å²) in [5, 5.41) is 5.47. The Labute approximate surface area is 179 Å². The molecule has 2 nitrogen and oxygen atoms in total. The second-order valence-corrected chi connectivity index (χ2v) is 10.4. The van der Waals surface area contributed by atoms with E-state index in [9.17, 15) is 4.57 Å². The lowest BCUT2D eigenvalue weighted by Gasteiger charge is -2.27. The third-order valence-electron chi connectivity index (χ3n) is 5.46. The highest BCUT2D eigenvalue weighted by molar-refractivity contribution is 7.78. The predicted molar refractivity (Wildman–Crippen MR) is 129 cm³/mol. The molecule has 4 aromatic carbocycles. The van der Waals surface area contributed by atoms with E-state index in [2.05, 4.69) is 36.5 Å². The zero-order chi connectivity index (χ0) is 20.8. The fourth-order valence-corrected chi connectivity index (χ4v) is 6.64. The van der Waals surface area contributed by atoms with Gasteiger partial charge in [-0.1, -0.05) is 109 Å². The molecule has 0 aliphatic rings. The van der Waals surface area contributed by atoms with Crippen molar-refractivity contribution < 1.29 is 4.57 Å². The molecule has 1 unspecified atom stereocenters. The number of benzene rings is 4. The molecule has 0 saturated heterocycles. The number of nitrogens with one attached hydrogen (secondary N) is 1. The molecule has 4 rings (SSSR count). The van der Waals surface area contributed by atoms with Gasteiger partial charge in [-0.05, 0) is 24.1 Å². The molecule has 150 valence electrons. The summed E-state index contributed by atoms with van der Waals surface area (Å²) >= 11 is 0. The molecule has 4 aromatic rings. The van der Waals surface area contributed by atoms with Gasteiger partial charge in [0.25, 0.3) is 0 Å². The maximum atomic E-state index is 14.6. The third kappa shape index (κ3) is 4.40. The summed E-state index contributed by atoms with van der Waals surface area (Å²) in [6, 6.07) is 38.3. The highest BCUT2D eigenvalue weighted by Gasteiger charge is 2.31. The molecule has 0 amide bonds. The maximum absolute atomic E-state index is 14.6. The van der Waals surface area contributed by atoms with Gasteiger partial charge in [0.05, 0.1) is 6.04 Å². The van der Waals surface area contributed by atoms with E-state index in [0.717, 1.165) is 21.9 Å². The van der Waals surface area contributed by atoms with Crippen LogP contribution in [0.3, 0.4) is 0 Å². The Bertz CT molecular complexity index is 1080. The van der Waals surface area contributed by atoms with Crippen LogP contribution < -0.4 is 15.9 Å². The molecule has 0 aromatic heterocycles. The van der Waals surface area contributed by atoms with Crippen LogP contribution in [0.2, 0.25) is 0 Å². The van der Waals surface area contributed by atoms with Crippen LogP contribution in [0.4, 0.5) is 5.69 Å². The van der Waals surface area contributed by atoms with Gasteiger partial charge < -0.3 is 9.88 Å². The maximum Gasteiger partial charge on any atom is 0.145 e. The summed E-state index contributed by atoms with van der Waals surface area (Å²) in [6.07, 6.45) is 0.499. The van der Waals surface area contributed by atoms with E-state index in [-0.39, 0.29) is 6.04 Å². The van der Waals surface area contributed by atoms with Gasteiger partial charge in [0, 0.05) is 22.5 Å². The molecule has 0 aliphatic carbocycles. The van der Waals surface area contributed by atoms with Crippen molar-refractivity contribution in [3.63, 3.8) is 0 Å². The second kappa shape index (κ2) is 9.15. The summed E-state index contributed by atoms with van der Waals surface area (Å²) in [4.78, 5) is 0. The van der Waals surface area contributed by atoms with Crippen molar-refractivity contribution in [1.82, 2.24) is 0 Å². The largest absolute Gasteiger partial charge is 0.378 e. The zero-order valence-electron chi connectivity index (χ0n) is 17.1. The van der Waals surface area contributed by atoms with Crippen molar-refractivity contribution in [2.75, 3.05) is 11.5 Å². The molecule has 0 fully saturated rings. The Balaban J connectivity index is 1.79. The predicted octanol–water partition coefficient (Wildman–Crippen LogP) is 6.16. The standard InChI is InChI=1S/C27H26NOP/c1-22-13-11-12-20-26(22)28-27(23-14-5-2-6-15-23)21-30(29,24-16-7-3-8-17-24)25-18-9-4-10-19-25/h2-20,27-28H,21H2,1H3. The van der Waals surface area contributed by atoms with Gasteiger partial charge >= 0.3 is 0 Å². The average Bonchev–Trinajstić information content (AvgIpc) is 2.81. The molecule has 0 heterocycles. The van der Waals surface area contributed by atoms with Crippen LogP contribution in [0.15, 0.2) is 115 Å². The lowest BCUT2D eigenvalue weighted by molar-refractivity contribution is 0.584.